The highest BCUT2D eigenvalue weighted by atomic mass is 16.5. The Morgan fingerprint density at radius 2 is 1.47 bits per heavy atom. The maximum absolute atomic E-state index is 10.2. The number of benzene rings is 1. The van der Waals surface area contributed by atoms with Crippen molar-refractivity contribution in [1.82, 2.24) is 15.0 Å². The Labute approximate surface area is 192 Å². The van der Waals surface area contributed by atoms with Crippen molar-refractivity contribution in [2.75, 3.05) is 19.8 Å². The Morgan fingerprint density at radius 3 is 2.09 bits per heavy atom. The van der Waals surface area contributed by atoms with Crippen LogP contribution in [0.3, 0.4) is 0 Å². The summed E-state index contributed by atoms with van der Waals surface area (Å²) >= 11 is 0. The van der Waals surface area contributed by atoms with E-state index in [0.717, 1.165) is 6.42 Å². The second-order valence-corrected chi connectivity index (χ2v) is 8.22. The molecule has 1 atom stereocenters. The standard InChI is InChI=1S/C25H39N3O4/c1-2-3-4-5-6-7-8-9-10-11-12-15-31-17-21(29)18-32-22-13-14-23(24(30)16-22)25-27-19-26-20-28-25/h13-14,16,19-21,29-30H,2-12,15,17-18H2,1H3. The number of phenols is 1. The molecule has 1 heterocycles. The Morgan fingerprint density at radius 1 is 0.844 bits per heavy atom. The third-order valence-electron chi connectivity index (χ3n) is 5.35. The highest BCUT2D eigenvalue weighted by molar-refractivity contribution is 5.64. The van der Waals surface area contributed by atoms with Crippen molar-refractivity contribution in [2.45, 2.75) is 83.7 Å². The average Bonchev–Trinajstić information content (AvgIpc) is 2.81. The first-order valence-corrected chi connectivity index (χ1v) is 12.0. The van der Waals surface area contributed by atoms with Crippen LogP contribution >= 0.6 is 0 Å². The first kappa shape index (κ1) is 26.0. The van der Waals surface area contributed by atoms with Crippen molar-refractivity contribution in [3.05, 3.63) is 30.9 Å². The summed E-state index contributed by atoms with van der Waals surface area (Å²) in [5.41, 5.74) is 0.496. The van der Waals surface area contributed by atoms with E-state index in [-0.39, 0.29) is 19.0 Å². The van der Waals surface area contributed by atoms with Crippen molar-refractivity contribution in [2.24, 2.45) is 0 Å². The Balaban J connectivity index is 1.48. The molecule has 1 aromatic heterocycles. The molecule has 7 nitrogen and oxygen atoms in total. The van der Waals surface area contributed by atoms with Gasteiger partial charge in [-0.3, -0.25) is 0 Å². The molecule has 0 aliphatic carbocycles. The lowest BCUT2D eigenvalue weighted by Crippen LogP contribution is -2.23. The van der Waals surface area contributed by atoms with E-state index in [4.69, 9.17) is 9.47 Å². The Hall–Kier alpha value is -2.25. The average molecular weight is 446 g/mol. The van der Waals surface area contributed by atoms with E-state index < -0.39 is 6.10 Å². The summed E-state index contributed by atoms with van der Waals surface area (Å²) < 4.78 is 11.1. The molecule has 2 aromatic rings. The van der Waals surface area contributed by atoms with E-state index in [1.807, 2.05) is 0 Å². The molecule has 1 unspecified atom stereocenters. The second kappa shape index (κ2) is 16.4. The van der Waals surface area contributed by atoms with E-state index in [1.165, 1.54) is 82.9 Å². The third-order valence-corrected chi connectivity index (χ3v) is 5.35. The largest absolute Gasteiger partial charge is 0.507 e. The van der Waals surface area contributed by atoms with Crippen LogP contribution in [0.2, 0.25) is 0 Å². The van der Waals surface area contributed by atoms with Gasteiger partial charge in [-0.05, 0) is 18.6 Å². The molecular weight excluding hydrogens is 406 g/mol. The fourth-order valence-electron chi connectivity index (χ4n) is 3.50. The van der Waals surface area contributed by atoms with Gasteiger partial charge in [-0.25, -0.2) is 15.0 Å². The number of aromatic hydroxyl groups is 1. The normalized spacial score (nSPS) is 12.1. The quantitative estimate of drug-likeness (QED) is 0.300. The summed E-state index contributed by atoms with van der Waals surface area (Å²) in [5, 5.41) is 20.2. The molecule has 7 heteroatoms. The van der Waals surface area contributed by atoms with Crippen molar-refractivity contribution in [1.29, 1.82) is 0 Å². The Bertz CT molecular complexity index is 730. The molecule has 178 valence electrons. The molecule has 0 aliphatic heterocycles. The van der Waals surface area contributed by atoms with Crippen LogP contribution in [0.1, 0.15) is 77.6 Å². The molecule has 0 aliphatic rings. The summed E-state index contributed by atoms with van der Waals surface area (Å²) in [6.45, 7) is 3.26. The van der Waals surface area contributed by atoms with E-state index in [2.05, 4.69) is 21.9 Å². The highest BCUT2D eigenvalue weighted by Crippen LogP contribution is 2.30. The van der Waals surface area contributed by atoms with Crippen LogP contribution in [-0.4, -0.2) is 51.1 Å². The van der Waals surface area contributed by atoms with Crippen LogP contribution < -0.4 is 4.74 Å². The molecule has 0 saturated carbocycles. The number of phenolic OH excluding ortho intramolecular Hbond substituents is 1. The SMILES string of the molecule is CCCCCCCCCCCCCOCC(O)COc1ccc(-c2ncncn2)c(O)c1. The van der Waals surface area contributed by atoms with E-state index in [0.29, 0.717) is 23.7 Å². The molecule has 1 aromatic carbocycles. The van der Waals surface area contributed by atoms with Crippen molar-refractivity contribution < 1.29 is 19.7 Å². The van der Waals surface area contributed by atoms with Crippen LogP contribution in [0.5, 0.6) is 11.5 Å². The fourth-order valence-corrected chi connectivity index (χ4v) is 3.50. The van der Waals surface area contributed by atoms with Crippen LogP contribution in [0.25, 0.3) is 11.4 Å². The molecule has 0 bridgehead atoms. The number of rotatable bonds is 18. The van der Waals surface area contributed by atoms with Crippen molar-refractivity contribution >= 4 is 0 Å². The third kappa shape index (κ3) is 10.9. The molecule has 0 spiro atoms. The van der Waals surface area contributed by atoms with Gasteiger partial charge in [0.05, 0.1) is 12.2 Å². The van der Waals surface area contributed by atoms with Crippen molar-refractivity contribution in [3.8, 4) is 22.9 Å². The number of unbranched alkanes of at least 4 members (excludes halogenated alkanes) is 10. The minimum Gasteiger partial charge on any atom is -0.507 e. The first-order valence-electron chi connectivity index (χ1n) is 12.0. The van der Waals surface area contributed by atoms with Gasteiger partial charge < -0.3 is 19.7 Å². The van der Waals surface area contributed by atoms with Gasteiger partial charge in [0, 0.05) is 12.7 Å². The van der Waals surface area contributed by atoms with Crippen LogP contribution in [0.4, 0.5) is 0 Å². The van der Waals surface area contributed by atoms with Crippen molar-refractivity contribution in [3.63, 3.8) is 0 Å². The molecule has 0 amide bonds. The Kier molecular flexibility index (Phi) is 13.3. The minimum absolute atomic E-state index is 0.0101. The summed E-state index contributed by atoms with van der Waals surface area (Å²) in [7, 11) is 0. The van der Waals surface area contributed by atoms with Crippen LogP contribution in [0, 0.1) is 0 Å². The number of nitrogens with zero attached hydrogens (tertiary/aromatic N) is 3. The summed E-state index contributed by atoms with van der Waals surface area (Å²) in [4.78, 5) is 11.8. The van der Waals surface area contributed by atoms with Gasteiger partial charge in [0.15, 0.2) is 5.82 Å². The van der Waals surface area contributed by atoms with E-state index >= 15 is 0 Å². The smallest absolute Gasteiger partial charge is 0.166 e. The van der Waals surface area contributed by atoms with Gasteiger partial charge >= 0.3 is 0 Å². The number of ether oxygens (including phenoxy) is 2. The lowest BCUT2D eigenvalue weighted by molar-refractivity contribution is 0.0109. The lowest BCUT2D eigenvalue weighted by atomic mass is 10.1. The number of hydrogen-bond donors (Lipinski definition) is 2. The summed E-state index contributed by atoms with van der Waals surface area (Å²) in [5.74, 6) is 0.862. The maximum Gasteiger partial charge on any atom is 0.166 e. The van der Waals surface area contributed by atoms with Crippen LogP contribution in [-0.2, 0) is 4.74 Å². The van der Waals surface area contributed by atoms with Gasteiger partial charge in [0.2, 0.25) is 0 Å². The van der Waals surface area contributed by atoms with Gasteiger partial charge in [-0.1, -0.05) is 71.1 Å². The molecule has 2 N–H and O–H groups in total. The van der Waals surface area contributed by atoms with Gasteiger partial charge in [-0.2, -0.15) is 0 Å². The molecule has 0 fully saturated rings. The first-order chi connectivity index (χ1) is 15.7. The second-order valence-electron chi connectivity index (χ2n) is 8.22. The monoisotopic (exact) mass is 445 g/mol. The van der Waals surface area contributed by atoms with Gasteiger partial charge in [0.1, 0.15) is 36.9 Å². The number of aliphatic hydroxyl groups is 1. The molecule has 2 rings (SSSR count). The molecular formula is C25H39N3O4. The van der Waals surface area contributed by atoms with Crippen LogP contribution in [0.15, 0.2) is 30.9 Å². The van der Waals surface area contributed by atoms with Gasteiger partial charge in [0.25, 0.3) is 0 Å². The minimum atomic E-state index is -0.715. The zero-order valence-electron chi connectivity index (χ0n) is 19.4. The molecule has 0 saturated heterocycles. The summed E-state index contributed by atoms with van der Waals surface area (Å²) in [6, 6.07) is 4.87. The predicted octanol–water partition coefficient (Wildman–Crippen LogP) is 5.31. The summed E-state index contributed by atoms with van der Waals surface area (Å²) in [6.07, 6.45) is 16.4. The number of hydrogen-bond acceptors (Lipinski definition) is 7. The predicted molar refractivity (Wildman–Crippen MR) is 126 cm³/mol. The zero-order chi connectivity index (χ0) is 22.9. The molecule has 0 radical (unpaired) electrons. The maximum atomic E-state index is 10.2. The zero-order valence-corrected chi connectivity index (χ0v) is 19.4. The number of aromatic nitrogens is 3. The number of aliphatic hydroxyl groups excluding tert-OH is 1. The molecule has 32 heavy (non-hydrogen) atoms. The van der Waals surface area contributed by atoms with Gasteiger partial charge in [-0.15, -0.1) is 0 Å². The van der Waals surface area contributed by atoms with E-state index in [9.17, 15) is 10.2 Å². The lowest BCUT2D eigenvalue weighted by Gasteiger charge is -2.13. The fraction of sp³-hybridized carbons (Fsp3) is 0.640. The topological polar surface area (TPSA) is 97.6 Å². The van der Waals surface area contributed by atoms with E-state index in [1.54, 1.807) is 12.1 Å². The highest BCUT2D eigenvalue weighted by Gasteiger charge is 2.10.